The maximum Gasteiger partial charge on any atom is 0.221 e. The van der Waals surface area contributed by atoms with Gasteiger partial charge in [-0.1, -0.05) is 43.7 Å². The number of benzene rings is 1. The number of carbonyl (C=O) groups is 1. The smallest absolute Gasteiger partial charge is 0.221 e. The molecule has 0 spiro atoms. The Bertz CT molecular complexity index is 325. The van der Waals surface area contributed by atoms with Crippen molar-refractivity contribution in [1.82, 2.24) is 10.6 Å². The van der Waals surface area contributed by atoms with Crippen molar-refractivity contribution in [2.45, 2.75) is 32.6 Å². The number of hydrogen-bond acceptors (Lipinski definition) is 2. The molecular weight excluding hydrogens is 224 g/mol. The minimum absolute atomic E-state index is 0.134. The third kappa shape index (κ3) is 7.07. The lowest BCUT2D eigenvalue weighted by Gasteiger charge is -2.06. The molecule has 1 aromatic rings. The molecule has 0 unspecified atom stereocenters. The summed E-state index contributed by atoms with van der Waals surface area (Å²) in [5.41, 5.74) is 1.26. The SMILES string of the molecule is CCCCNCCC(=O)NCCc1ccccc1. The van der Waals surface area contributed by atoms with E-state index in [0.29, 0.717) is 6.42 Å². The minimum Gasteiger partial charge on any atom is -0.356 e. The maximum atomic E-state index is 11.5. The standard InChI is InChI=1S/C15H24N2O/c1-2-3-11-16-12-10-15(18)17-13-9-14-7-5-4-6-8-14/h4-8,16H,2-3,9-13H2,1H3,(H,17,18). The quantitative estimate of drug-likeness (QED) is 0.657. The lowest BCUT2D eigenvalue weighted by molar-refractivity contribution is -0.120. The molecule has 0 aliphatic rings. The molecule has 1 amide bonds. The van der Waals surface area contributed by atoms with Gasteiger partial charge in [0.15, 0.2) is 0 Å². The average molecular weight is 248 g/mol. The number of hydrogen-bond donors (Lipinski definition) is 2. The largest absolute Gasteiger partial charge is 0.356 e. The predicted molar refractivity (Wildman–Crippen MR) is 75.6 cm³/mol. The third-order valence-electron chi connectivity index (χ3n) is 2.81. The fourth-order valence-corrected chi connectivity index (χ4v) is 1.71. The molecular formula is C15H24N2O. The molecule has 0 heterocycles. The van der Waals surface area contributed by atoms with Gasteiger partial charge in [-0.25, -0.2) is 0 Å². The highest BCUT2D eigenvalue weighted by atomic mass is 16.1. The van der Waals surface area contributed by atoms with Crippen LogP contribution in [0.3, 0.4) is 0 Å². The summed E-state index contributed by atoms with van der Waals surface area (Å²) >= 11 is 0. The van der Waals surface area contributed by atoms with Gasteiger partial charge < -0.3 is 10.6 Å². The van der Waals surface area contributed by atoms with Crippen LogP contribution in [0, 0.1) is 0 Å². The zero-order chi connectivity index (χ0) is 13.1. The van der Waals surface area contributed by atoms with E-state index in [4.69, 9.17) is 0 Å². The first-order valence-electron chi connectivity index (χ1n) is 6.84. The van der Waals surface area contributed by atoms with Gasteiger partial charge in [0, 0.05) is 19.5 Å². The molecule has 0 saturated heterocycles. The van der Waals surface area contributed by atoms with E-state index in [0.717, 1.165) is 26.1 Å². The van der Waals surface area contributed by atoms with Gasteiger partial charge >= 0.3 is 0 Å². The fourth-order valence-electron chi connectivity index (χ4n) is 1.71. The Kier molecular flexibility index (Phi) is 7.89. The van der Waals surface area contributed by atoms with Crippen molar-refractivity contribution in [3.8, 4) is 0 Å². The molecule has 0 aromatic heterocycles. The number of rotatable bonds is 9. The first kappa shape index (κ1) is 14.7. The summed E-state index contributed by atoms with van der Waals surface area (Å²) in [5, 5.41) is 6.21. The first-order chi connectivity index (χ1) is 8.83. The highest BCUT2D eigenvalue weighted by Gasteiger charge is 1.99. The van der Waals surface area contributed by atoms with E-state index >= 15 is 0 Å². The van der Waals surface area contributed by atoms with E-state index in [9.17, 15) is 4.79 Å². The summed E-state index contributed by atoms with van der Waals surface area (Å²) in [6, 6.07) is 10.2. The molecule has 0 aliphatic carbocycles. The van der Waals surface area contributed by atoms with Crippen LogP contribution in [0.1, 0.15) is 31.7 Å². The molecule has 0 atom stereocenters. The van der Waals surface area contributed by atoms with Crippen LogP contribution in [0.4, 0.5) is 0 Å². The molecule has 3 heteroatoms. The van der Waals surface area contributed by atoms with Crippen molar-refractivity contribution in [2.24, 2.45) is 0 Å². The van der Waals surface area contributed by atoms with Crippen molar-refractivity contribution in [3.05, 3.63) is 35.9 Å². The van der Waals surface area contributed by atoms with Crippen molar-refractivity contribution >= 4 is 5.91 Å². The van der Waals surface area contributed by atoms with E-state index in [-0.39, 0.29) is 5.91 Å². The van der Waals surface area contributed by atoms with E-state index in [1.54, 1.807) is 0 Å². The van der Waals surface area contributed by atoms with Gasteiger partial charge in [0.2, 0.25) is 5.91 Å². The normalized spacial score (nSPS) is 10.3. The molecule has 2 N–H and O–H groups in total. The number of nitrogens with one attached hydrogen (secondary N) is 2. The predicted octanol–water partition coefficient (Wildman–Crippen LogP) is 2.13. The molecule has 1 rings (SSSR count). The second kappa shape index (κ2) is 9.66. The second-order valence-corrected chi connectivity index (χ2v) is 4.44. The fraction of sp³-hybridized carbons (Fsp3) is 0.533. The van der Waals surface area contributed by atoms with Gasteiger partial charge in [0.1, 0.15) is 0 Å². The van der Waals surface area contributed by atoms with Gasteiger partial charge in [0.25, 0.3) is 0 Å². The van der Waals surface area contributed by atoms with E-state index in [2.05, 4.69) is 29.7 Å². The Morgan fingerprint density at radius 2 is 1.89 bits per heavy atom. The van der Waals surface area contributed by atoms with E-state index < -0.39 is 0 Å². The van der Waals surface area contributed by atoms with Crippen LogP contribution >= 0.6 is 0 Å². The Balaban J connectivity index is 2.00. The Morgan fingerprint density at radius 1 is 1.11 bits per heavy atom. The van der Waals surface area contributed by atoms with Gasteiger partial charge in [0.05, 0.1) is 0 Å². The van der Waals surface area contributed by atoms with Crippen LogP contribution in [0.2, 0.25) is 0 Å². The minimum atomic E-state index is 0.134. The Morgan fingerprint density at radius 3 is 2.61 bits per heavy atom. The number of amides is 1. The number of carbonyl (C=O) groups excluding carboxylic acids is 1. The lowest BCUT2D eigenvalue weighted by atomic mass is 10.1. The molecule has 0 fully saturated rings. The zero-order valence-electron chi connectivity index (χ0n) is 11.2. The van der Waals surface area contributed by atoms with Crippen LogP contribution < -0.4 is 10.6 Å². The van der Waals surface area contributed by atoms with Crippen LogP contribution in [-0.2, 0) is 11.2 Å². The van der Waals surface area contributed by atoms with E-state index in [1.165, 1.54) is 18.4 Å². The van der Waals surface area contributed by atoms with Gasteiger partial charge in [-0.2, -0.15) is 0 Å². The summed E-state index contributed by atoms with van der Waals surface area (Å²) in [4.78, 5) is 11.5. The summed E-state index contributed by atoms with van der Waals surface area (Å²) in [5.74, 6) is 0.134. The molecule has 0 aliphatic heterocycles. The highest BCUT2D eigenvalue weighted by Crippen LogP contribution is 1.98. The molecule has 100 valence electrons. The Labute approximate surface area is 110 Å². The average Bonchev–Trinajstić information content (AvgIpc) is 2.40. The second-order valence-electron chi connectivity index (χ2n) is 4.44. The summed E-state index contributed by atoms with van der Waals surface area (Å²) < 4.78 is 0. The third-order valence-corrected chi connectivity index (χ3v) is 2.81. The van der Waals surface area contributed by atoms with Crippen LogP contribution in [0.25, 0.3) is 0 Å². The zero-order valence-corrected chi connectivity index (χ0v) is 11.2. The van der Waals surface area contributed by atoms with Crippen molar-refractivity contribution in [3.63, 3.8) is 0 Å². The molecule has 0 bridgehead atoms. The monoisotopic (exact) mass is 248 g/mol. The van der Waals surface area contributed by atoms with Gasteiger partial charge in [-0.05, 0) is 24.9 Å². The van der Waals surface area contributed by atoms with Crippen molar-refractivity contribution < 1.29 is 4.79 Å². The topological polar surface area (TPSA) is 41.1 Å². The summed E-state index contributed by atoms with van der Waals surface area (Å²) in [6.07, 6.45) is 3.83. The van der Waals surface area contributed by atoms with Crippen LogP contribution in [0.5, 0.6) is 0 Å². The number of unbranched alkanes of at least 4 members (excludes halogenated alkanes) is 1. The summed E-state index contributed by atoms with van der Waals surface area (Å²) in [7, 11) is 0. The first-order valence-corrected chi connectivity index (χ1v) is 6.84. The Hall–Kier alpha value is -1.35. The van der Waals surface area contributed by atoms with Gasteiger partial charge in [-0.15, -0.1) is 0 Å². The lowest BCUT2D eigenvalue weighted by Crippen LogP contribution is -2.29. The molecule has 18 heavy (non-hydrogen) atoms. The molecule has 3 nitrogen and oxygen atoms in total. The van der Waals surface area contributed by atoms with Crippen molar-refractivity contribution in [1.29, 1.82) is 0 Å². The summed E-state index contributed by atoms with van der Waals surface area (Å²) in [6.45, 7) is 4.67. The van der Waals surface area contributed by atoms with Gasteiger partial charge in [-0.3, -0.25) is 4.79 Å². The molecule has 0 radical (unpaired) electrons. The molecule has 0 saturated carbocycles. The van der Waals surface area contributed by atoms with Crippen LogP contribution in [-0.4, -0.2) is 25.5 Å². The van der Waals surface area contributed by atoms with Crippen molar-refractivity contribution in [2.75, 3.05) is 19.6 Å². The maximum absolute atomic E-state index is 11.5. The van der Waals surface area contributed by atoms with Crippen LogP contribution in [0.15, 0.2) is 30.3 Å². The highest BCUT2D eigenvalue weighted by molar-refractivity contribution is 5.76. The van der Waals surface area contributed by atoms with E-state index in [1.807, 2.05) is 18.2 Å². The molecule has 1 aromatic carbocycles.